The topological polar surface area (TPSA) is 47.3 Å². The minimum Gasteiger partial charge on any atom is -0.497 e. The molecule has 3 N–H and O–H groups in total. The lowest BCUT2D eigenvalue weighted by molar-refractivity contribution is 0.414. The van der Waals surface area contributed by atoms with Crippen LogP contribution in [0.4, 0.5) is 0 Å². The van der Waals surface area contributed by atoms with Crippen molar-refractivity contribution in [1.29, 1.82) is 0 Å². The quantitative estimate of drug-likeness (QED) is 0.629. The molecule has 0 spiro atoms. The molecule has 1 unspecified atom stereocenters. The molecule has 0 aliphatic heterocycles. The second-order valence-corrected chi connectivity index (χ2v) is 5.39. The van der Waals surface area contributed by atoms with E-state index in [1.807, 2.05) is 12.1 Å². The third-order valence-electron chi connectivity index (χ3n) is 3.25. The number of hydrogen-bond acceptors (Lipinski definition) is 4. The summed E-state index contributed by atoms with van der Waals surface area (Å²) in [5, 5.41) is 2.13. The Morgan fingerprint density at radius 3 is 2.89 bits per heavy atom. The number of rotatable bonds is 6. The SMILES string of the molecule is CCc1ccsc1C(Cc1cccc(OC)c1)NN. The summed E-state index contributed by atoms with van der Waals surface area (Å²) in [6.07, 6.45) is 1.90. The average molecular weight is 276 g/mol. The van der Waals surface area contributed by atoms with Crippen LogP contribution in [0.5, 0.6) is 5.75 Å². The van der Waals surface area contributed by atoms with Crippen molar-refractivity contribution in [1.82, 2.24) is 5.43 Å². The summed E-state index contributed by atoms with van der Waals surface area (Å²) in [6, 6.07) is 10.5. The van der Waals surface area contributed by atoms with Gasteiger partial charge in [-0.3, -0.25) is 11.3 Å². The van der Waals surface area contributed by atoms with E-state index in [0.717, 1.165) is 18.6 Å². The van der Waals surface area contributed by atoms with Crippen molar-refractivity contribution in [3.8, 4) is 5.75 Å². The van der Waals surface area contributed by atoms with Crippen LogP contribution in [0.15, 0.2) is 35.7 Å². The molecule has 102 valence electrons. The summed E-state index contributed by atoms with van der Waals surface area (Å²) < 4.78 is 5.26. The number of benzene rings is 1. The van der Waals surface area contributed by atoms with Gasteiger partial charge in [-0.05, 0) is 47.5 Å². The third-order valence-corrected chi connectivity index (χ3v) is 4.33. The van der Waals surface area contributed by atoms with Crippen molar-refractivity contribution in [2.45, 2.75) is 25.8 Å². The molecule has 2 aromatic rings. The second kappa shape index (κ2) is 6.70. The van der Waals surface area contributed by atoms with Crippen LogP contribution >= 0.6 is 11.3 Å². The Morgan fingerprint density at radius 1 is 1.37 bits per heavy atom. The largest absolute Gasteiger partial charge is 0.497 e. The molecule has 1 atom stereocenters. The molecule has 0 aliphatic carbocycles. The smallest absolute Gasteiger partial charge is 0.119 e. The zero-order chi connectivity index (χ0) is 13.7. The Kier molecular flexibility index (Phi) is 4.96. The Balaban J connectivity index is 2.19. The first-order valence-electron chi connectivity index (χ1n) is 6.43. The summed E-state index contributed by atoms with van der Waals surface area (Å²) >= 11 is 1.76. The van der Waals surface area contributed by atoms with E-state index >= 15 is 0 Å². The summed E-state index contributed by atoms with van der Waals surface area (Å²) in [6.45, 7) is 2.17. The lowest BCUT2D eigenvalue weighted by Gasteiger charge is -2.16. The molecule has 0 radical (unpaired) electrons. The highest BCUT2D eigenvalue weighted by molar-refractivity contribution is 7.10. The molecule has 0 bridgehead atoms. The number of nitrogens with two attached hydrogens (primary N) is 1. The monoisotopic (exact) mass is 276 g/mol. The van der Waals surface area contributed by atoms with Crippen LogP contribution in [0.1, 0.15) is 29.0 Å². The molecule has 1 heterocycles. The number of methoxy groups -OCH3 is 1. The zero-order valence-corrected chi connectivity index (χ0v) is 12.2. The van der Waals surface area contributed by atoms with Gasteiger partial charge in [0.1, 0.15) is 5.75 Å². The van der Waals surface area contributed by atoms with Gasteiger partial charge in [-0.1, -0.05) is 19.1 Å². The highest BCUT2D eigenvalue weighted by Gasteiger charge is 2.15. The molecule has 19 heavy (non-hydrogen) atoms. The van der Waals surface area contributed by atoms with Crippen LogP contribution in [0.2, 0.25) is 0 Å². The number of aryl methyl sites for hydroxylation is 1. The minimum absolute atomic E-state index is 0.155. The number of thiophene rings is 1. The Hall–Kier alpha value is -1.36. The van der Waals surface area contributed by atoms with Gasteiger partial charge >= 0.3 is 0 Å². The van der Waals surface area contributed by atoms with Crippen molar-refractivity contribution in [2.24, 2.45) is 5.84 Å². The number of hydrogen-bond donors (Lipinski definition) is 2. The van der Waals surface area contributed by atoms with Gasteiger partial charge in [-0.25, -0.2) is 0 Å². The first kappa shape index (κ1) is 14.1. The maximum Gasteiger partial charge on any atom is 0.119 e. The second-order valence-electron chi connectivity index (χ2n) is 4.44. The van der Waals surface area contributed by atoms with E-state index in [0.29, 0.717) is 0 Å². The van der Waals surface area contributed by atoms with E-state index < -0.39 is 0 Å². The van der Waals surface area contributed by atoms with Crippen molar-refractivity contribution in [3.63, 3.8) is 0 Å². The molecule has 4 heteroatoms. The van der Waals surface area contributed by atoms with Crippen LogP contribution in [0, 0.1) is 0 Å². The summed E-state index contributed by atoms with van der Waals surface area (Å²) in [5.74, 6) is 6.62. The van der Waals surface area contributed by atoms with Gasteiger partial charge in [0.2, 0.25) is 0 Å². The van der Waals surface area contributed by atoms with E-state index in [1.165, 1.54) is 16.0 Å². The Labute approximate surface area is 118 Å². The normalized spacial score (nSPS) is 12.4. The fraction of sp³-hybridized carbons (Fsp3) is 0.333. The van der Waals surface area contributed by atoms with Crippen LogP contribution in [0.3, 0.4) is 0 Å². The van der Waals surface area contributed by atoms with Crippen LogP contribution < -0.4 is 16.0 Å². The van der Waals surface area contributed by atoms with Crippen molar-refractivity contribution >= 4 is 11.3 Å². The van der Waals surface area contributed by atoms with E-state index in [4.69, 9.17) is 10.6 Å². The highest BCUT2D eigenvalue weighted by atomic mass is 32.1. The lowest BCUT2D eigenvalue weighted by atomic mass is 10.0. The van der Waals surface area contributed by atoms with Crippen LogP contribution in [-0.4, -0.2) is 7.11 Å². The molecule has 0 saturated heterocycles. The van der Waals surface area contributed by atoms with Gasteiger partial charge in [-0.15, -0.1) is 11.3 Å². The molecule has 0 aliphatic rings. The number of nitrogens with one attached hydrogen (secondary N) is 1. The van der Waals surface area contributed by atoms with Gasteiger partial charge in [0, 0.05) is 4.88 Å². The molecule has 1 aromatic carbocycles. The highest BCUT2D eigenvalue weighted by Crippen LogP contribution is 2.28. The summed E-state index contributed by atoms with van der Waals surface area (Å²) in [4.78, 5) is 1.33. The third kappa shape index (κ3) is 3.35. The standard InChI is InChI=1S/C15H20N2OS/c1-3-12-7-8-19-15(12)14(17-16)10-11-5-4-6-13(9-11)18-2/h4-9,14,17H,3,10,16H2,1-2H3. The molecular formula is C15H20N2OS. The molecule has 0 fully saturated rings. The van der Waals surface area contributed by atoms with Crippen molar-refractivity contribution in [2.75, 3.05) is 7.11 Å². The van der Waals surface area contributed by atoms with Gasteiger partial charge in [0.05, 0.1) is 13.2 Å². The molecule has 2 rings (SSSR count). The maximum absolute atomic E-state index is 5.73. The average Bonchev–Trinajstić information content (AvgIpc) is 2.93. The molecule has 1 aromatic heterocycles. The Morgan fingerprint density at radius 2 is 2.21 bits per heavy atom. The van der Waals surface area contributed by atoms with Crippen LogP contribution in [-0.2, 0) is 12.8 Å². The number of ether oxygens (including phenoxy) is 1. The molecule has 0 saturated carbocycles. The van der Waals surface area contributed by atoms with Gasteiger partial charge in [-0.2, -0.15) is 0 Å². The first-order chi connectivity index (χ1) is 9.28. The van der Waals surface area contributed by atoms with Crippen molar-refractivity contribution in [3.05, 3.63) is 51.7 Å². The molecule has 0 amide bonds. The van der Waals surface area contributed by atoms with Gasteiger partial charge in [0.15, 0.2) is 0 Å². The lowest BCUT2D eigenvalue weighted by Crippen LogP contribution is -2.29. The van der Waals surface area contributed by atoms with Gasteiger partial charge < -0.3 is 4.74 Å². The predicted molar refractivity (Wildman–Crippen MR) is 80.5 cm³/mol. The van der Waals surface area contributed by atoms with E-state index in [1.54, 1.807) is 18.4 Å². The number of hydrazine groups is 1. The summed E-state index contributed by atoms with van der Waals surface area (Å²) in [7, 11) is 1.69. The summed E-state index contributed by atoms with van der Waals surface area (Å²) in [5.41, 5.74) is 5.53. The van der Waals surface area contributed by atoms with Gasteiger partial charge in [0.25, 0.3) is 0 Å². The Bertz CT molecular complexity index is 524. The fourth-order valence-electron chi connectivity index (χ4n) is 2.21. The molecule has 3 nitrogen and oxygen atoms in total. The van der Waals surface area contributed by atoms with Crippen LogP contribution in [0.25, 0.3) is 0 Å². The van der Waals surface area contributed by atoms with E-state index in [-0.39, 0.29) is 6.04 Å². The fourth-order valence-corrected chi connectivity index (χ4v) is 3.27. The van der Waals surface area contributed by atoms with Crippen molar-refractivity contribution < 1.29 is 4.74 Å². The van der Waals surface area contributed by atoms with E-state index in [9.17, 15) is 0 Å². The van der Waals surface area contributed by atoms with E-state index in [2.05, 4.69) is 35.9 Å². The first-order valence-corrected chi connectivity index (χ1v) is 7.31. The molecular weight excluding hydrogens is 256 g/mol. The minimum atomic E-state index is 0.155. The zero-order valence-electron chi connectivity index (χ0n) is 11.3. The maximum atomic E-state index is 5.73. The predicted octanol–water partition coefficient (Wildman–Crippen LogP) is 3.07.